The molecule has 0 saturated heterocycles. The third-order valence-corrected chi connectivity index (χ3v) is 5.88. The van der Waals surface area contributed by atoms with Crippen molar-refractivity contribution in [3.8, 4) is 0 Å². The number of alkyl halides is 3. The molecule has 0 fully saturated rings. The number of nitrogens with two attached hydrogens (primary N) is 1. The van der Waals surface area contributed by atoms with Gasteiger partial charge in [0, 0.05) is 29.4 Å². The Labute approximate surface area is 205 Å². The van der Waals surface area contributed by atoms with E-state index in [4.69, 9.17) is 5.73 Å². The Kier molecular flexibility index (Phi) is 8.44. The maximum atomic E-state index is 14.6. The molecule has 0 bridgehead atoms. The van der Waals surface area contributed by atoms with E-state index in [2.05, 4.69) is 15.6 Å². The van der Waals surface area contributed by atoms with Gasteiger partial charge in [-0.2, -0.15) is 13.2 Å². The maximum Gasteiger partial charge on any atom is 0.389 e. The molecule has 1 heterocycles. The van der Waals surface area contributed by atoms with Crippen LogP contribution in [-0.4, -0.2) is 35.8 Å². The first kappa shape index (κ1) is 26.8. The molecule has 1 aliphatic rings. The van der Waals surface area contributed by atoms with Gasteiger partial charge in [0.15, 0.2) is 0 Å². The molecule has 4 N–H and O–H groups in total. The van der Waals surface area contributed by atoms with Crippen LogP contribution >= 0.6 is 0 Å². The van der Waals surface area contributed by atoms with Gasteiger partial charge < -0.3 is 16.4 Å². The van der Waals surface area contributed by atoms with Crippen LogP contribution in [0.1, 0.15) is 43.7 Å². The highest BCUT2D eigenvalue weighted by Gasteiger charge is 2.38. The van der Waals surface area contributed by atoms with E-state index in [0.717, 1.165) is 6.07 Å². The molecule has 2 aromatic rings. The number of aliphatic imine (C=N–C) groups is 1. The van der Waals surface area contributed by atoms with Gasteiger partial charge in [0.2, 0.25) is 18.0 Å². The van der Waals surface area contributed by atoms with Crippen molar-refractivity contribution in [1.82, 2.24) is 5.32 Å². The number of para-hydroxylation sites is 1. The highest BCUT2D eigenvalue weighted by atomic mass is 19.4. The minimum Gasteiger partial charge on any atom is -0.369 e. The van der Waals surface area contributed by atoms with E-state index in [9.17, 15) is 31.9 Å². The SMILES string of the molecule is CCC[C@H](C(=O)N[C@H]1N=C(c2ccccc2)c2cccc(F)c2NC1=O)[C@@H](CCC(F)(F)F)C(N)=O. The van der Waals surface area contributed by atoms with E-state index in [1.165, 1.54) is 6.07 Å². The number of anilines is 1. The van der Waals surface area contributed by atoms with Gasteiger partial charge in [0.05, 0.1) is 11.4 Å². The molecule has 3 atom stereocenters. The van der Waals surface area contributed by atoms with Gasteiger partial charge in [0.25, 0.3) is 5.91 Å². The predicted octanol–water partition coefficient (Wildman–Crippen LogP) is 3.92. The van der Waals surface area contributed by atoms with Crippen molar-refractivity contribution in [2.75, 3.05) is 5.32 Å². The van der Waals surface area contributed by atoms with E-state index >= 15 is 0 Å². The van der Waals surface area contributed by atoms with Gasteiger partial charge in [-0.05, 0) is 18.9 Å². The first-order valence-electron chi connectivity index (χ1n) is 11.4. The third kappa shape index (κ3) is 6.46. The molecule has 0 radical (unpaired) electrons. The number of primary amides is 1. The summed E-state index contributed by atoms with van der Waals surface area (Å²) in [7, 11) is 0. The third-order valence-electron chi connectivity index (χ3n) is 5.88. The van der Waals surface area contributed by atoms with Crippen molar-refractivity contribution >= 4 is 29.1 Å². The lowest BCUT2D eigenvalue weighted by Crippen LogP contribution is -2.48. The van der Waals surface area contributed by atoms with Gasteiger partial charge >= 0.3 is 6.18 Å². The number of halogens is 4. The Morgan fingerprint density at radius 2 is 1.78 bits per heavy atom. The molecule has 192 valence electrons. The number of carbonyl (C=O) groups excluding carboxylic acids is 3. The Balaban J connectivity index is 1.96. The van der Waals surface area contributed by atoms with Crippen molar-refractivity contribution in [2.45, 2.75) is 44.9 Å². The number of rotatable bonds is 9. The molecule has 11 heteroatoms. The summed E-state index contributed by atoms with van der Waals surface area (Å²) in [4.78, 5) is 42.5. The summed E-state index contributed by atoms with van der Waals surface area (Å²) in [5, 5.41) is 4.86. The molecular weight excluding hydrogens is 480 g/mol. The summed E-state index contributed by atoms with van der Waals surface area (Å²) in [5.41, 5.74) is 6.30. The molecule has 0 spiro atoms. The van der Waals surface area contributed by atoms with Crippen LogP contribution in [0.15, 0.2) is 53.5 Å². The van der Waals surface area contributed by atoms with Crippen molar-refractivity contribution in [1.29, 1.82) is 0 Å². The quantitative estimate of drug-likeness (QED) is 0.448. The molecule has 3 amide bonds. The second-order valence-corrected chi connectivity index (χ2v) is 8.46. The van der Waals surface area contributed by atoms with Crippen LogP contribution in [0.2, 0.25) is 0 Å². The lowest BCUT2D eigenvalue weighted by Gasteiger charge is -2.25. The van der Waals surface area contributed by atoms with Crippen LogP contribution in [0.25, 0.3) is 0 Å². The smallest absolute Gasteiger partial charge is 0.369 e. The van der Waals surface area contributed by atoms with Crippen LogP contribution in [0.4, 0.5) is 23.2 Å². The maximum absolute atomic E-state index is 14.6. The topological polar surface area (TPSA) is 114 Å². The molecule has 1 aliphatic heterocycles. The van der Waals surface area contributed by atoms with E-state index in [-0.39, 0.29) is 23.4 Å². The predicted molar refractivity (Wildman–Crippen MR) is 125 cm³/mol. The number of benzene rings is 2. The van der Waals surface area contributed by atoms with E-state index in [0.29, 0.717) is 12.0 Å². The highest BCUT2D eigenvalue weighted by Crippen LogP contribution is 2.30. The van der Waals surface area contributed by atoms with E-state index in [1.807, 2.05) is 0 Å². The minimum atomic E-state index is -4.53. The Morgan fingerprint density at radius 1 is 1.08 bits per heavy atom. The fourth-order valence-corrected chi connectivity index (χ4v) is 4.15. The number of benzodiazepines with no additional fused rings is 1. The van der Waals surface area contributed by atoms with Crippen molar-refractivity contribution in [2.24, 2.45) is 22.6 Å². The molecule has 3 rings (SSSR count). The minimum absolute atomic E-state index is 0.0652. The molecular formula is C25H26F4N4O3. The fourth-order valence-electron chi connectivity index (χ4n) is 4.15. The van der Waals surface area contributed by atoms with Gasteiger partial charge in [-0.15, -0.1) is 0 Å². The van der Waals surface area contributed by atoms with Crippen LogP contribution in [0.3, 0.4) is 0 Å². The van der Waals surface area contributed by atoms with Crippen LogP contribution in [0, 0.1) is 17.7 Å². The van der Waals surface area contributed by atoms with Gasteiger partial charge in [-0.1, -0.05) is 55.8 Å². The van der Waals surface area contributed by atoms with Crippen molar-refractivity contribution in [3.05, 3.63) is 65.5 Å². The summed E-state index contributed by atoms with van der Waals surface area (Å²) in [5.74, 6) is -6.04. The lowest BCUT2D eigenvalue weighted by molar-refractivity contribution is -0.145. The summed E-state index contributed by atoms with van der Waals surface area (Å²) >= 11 is 0. The average molecular weight is 507 g/mol. The zero-order chi connectivity index (χ0) is 26.5. The van der Waals surface area contributed by atoms with E-state index < -0.39 is 60.6 Å². The second-order valence-electron chi connectivity index (χ2n) is 8.46. The monoisotopic (exact) mass is 506 g/mol. The second kappa shape index (κ2) is 11.3. The number of amides is 3. The molecule has 0 saturated carbocycles. The largest absolute Gasteiger partial charge is 0.389 e. The Bertz CT molecular complexity index is 1150. The molecule has 0 unspecified atom stereocenters. The Morgan fingerprint density at radius 3 is 2.39 bits per heavy atom. The van der Waals surface area contributed by atoms with Crippen molar-refractivity contribution < 1.29 is 31.9 Å². The molecule has 0 aliphatic carbocycles. The first-order valence-corrected chi connectivity index (χ1v) is 11.4. The molecule has 0 aromatic heterocycles. The van der Waals surface area contributed by atoms with Gasteiger partial charge in [-0.25, -0.2) is 9.38 Å². The van der Waals surface area contributed by atoms with Crippen LogP contribution in [0.5, 0.6) is 0 Å². The normalized spacial score (nSPS) is 17.2. The number of fused-ring (bicyclic) bond motifs is 1. The number of nitrogens with one attached hydrogen (secondary N) is 2. The summed E-state index contributed by atoms with van der Waals surface area (Å²) in [6.45, 7) is 1.70. The number of hydrogen-bond acceptors (Lipinski definition) is 4. The standard InChI is InChI=1S/C25H26F4N4O3/c1-2-7-16(15(21(30)34)12-13-25(27,28)29)23(35)33-22-24(36)32-20-17(10-6-11-18(20)26)19(31-22)14-8-4-3-5-9-14/h3-6,8-11,15-16,22H,2,7,12-13H2,1H3,(H2,30,34)(H,32,36)(H,33,35)/t15-,16+,22-/m1/s1. The summed E-state index contributed by atoms with van der Waals surface area (Å²) in [6.07, 6.45) is -7.58. The number of carbonyl (C=O) groups is 3. The van der Waals surface area contributed by atoms with Crippen molar-refractivity contribution in [3.63, 3.8) is 0 Å². The zero-order valence-corrected chi connectivity index (χ0v) is 19.4. The number of nitrogens with zero attached hydrogens (tertiary/aromatic N) is 1. The highest BCUT2D eigenvalue weighted by molar-refractivity contribution is 6.20. The van der Waals surface area contributed by atoms with Crippen LogP contribution in [-0.2, 0) is 14.4 Å². The fraction of sp³-hybridized carbons (Fsp3) is 0.360. The van der Waals surface area contributed by atoms with E-state index in [1.54, 1.807) is 43.3 Å². The summed E-state index contributed by atoms with van der Waals surface area (Å²) < 4.78 is 53.0. The first-order chi connectivity index (χ1) is 17.0. The zero-order valence-electron chi connectivity index (χ0n) is 19.4. The lowest BCUT2D eigenvalue weighted by atomic mass is 9.83. The van der Waals surface area contributed by atoms with Crippen LogP contribution < -0.4 is 16.4 Å². The summed E-state index contributed by atoms with van der Waals surface area (Å²) in [6, 6.07) is 12.8. The molecule has 36 heavy (non-hydrogen) atoms. The molecule has 2 aromatic carbocycles. The average Bonchev–Trinajstić information content (AvgIpc) is 2.95. The van der Waals surface area contributed by atoms with Gasteiger partial charge in [-0.3, -0.25) is 14.4 Å². The van der Waals surface area contributed by atoms with Gasteiger partial charge in [0.1, 0.15) is 5.82 Å². The molecule has 7 nitrogen and oxygen atoms in total. The number of hydrogen-bond donors (Lipinski definition) is 3. The Hall–Kier alpha value is -3.76.